The number of aromatic amines is 1. The molecule has 2 N–H and O–H groups in total. The van der Waals surface area contributed by atoms with E-state index >= 15 is 0 Å². The summed E-state index contributed by atoms with van der Waals surface area (Å²) >= 11 is 0. The molecule has 3 aromatic rings. The van der Waals surface area contributed by atoms with Crippen LogP contribution < -0.4 is 4.31 Å². The summed E-state index contributed by atoms with van der Waals surface area (Å²) in [5, 5.41) is 11.3. The van der Waals surface area contributed by atoms with Crippen molar-refractivity contribution in [2.45, 2.75) is 13.3 Å². The maximum atomic E-state index is 12.3. The number of ether oxygens (including phenoxy) is 1. The van der Waals surface area contributed by atoms with Crippen LogP contribution in [0.25, 0.3) is 10.9 Å². The molecule has 0 bridgehead atoms. The number of aromatic nitrogens is 1. The number of hydrogen-bond donors (Lipinski definition) is 2. The molecule has 2 aromatic carbocycles. The van der Waals surface area contributed by atoms with Gasteiger partial charge in [-0.15, -0.1) is 0 Å². The number of sulfonamides is 1. The number of benzene rings is 2. The fraction of sp³-hybridized carbons (Fsp3) is 0.333. The number of aliphatic imine (C=N–C) groups is 1. The lowest BCUT2D eigenvalue weighted by atomic mass is 10.0. The molecule has 0 fully saturated rings. The largest absolute Gasteiger partial charge is 0.494 e. The lowest BCUT2D eigenvalue weighted by molar-refractivity contribution is 0.0601. The Balaban J connectivity index is 1.96. The van der Waals surface area contributed by atoms with E-state index in [1.54, 1.807) is 42.5 Å². The number of hydrogen-bond acceptors (Lipinski definition) is 7. The zero-order valence-electron chi connectivity index (χ0n) is 20.0. The average Bonchev–Trinajstić information content (AvgIpc) is 3.11. The van der Waals surface area contributed by atoms with Gasteiger partial charge in [-0.25, -0.2) is 13.2 Å². The summed E-state index contributed by atoms with van der Waals surface area (Å²) in [5.74, 6) is -0.503. The number of anilines is 1. The van der Waals surface area contributed by atoms with E-state index in [-0.39, 0.29) is 5.88 Å². The molecule has 10 heteroatoms. The van der Waals surface area contributed by atoms with Gasteiger partial charge in [-0.1, -0.05) is 13.0 Å². The Kier molecular flexibility index (Phi) is 7.63. The summed E-state index contributed by atoms with van der Waals surface area (Å²) in [6, 6.07) is 12.0. The third kappa shape index (κ3) is 5.57. The van der Waals surface area contributed by atoms with Gasteiger partial charge in [0, 0.05) is 24.0 Å². The van der Waals surface area contributed by atoms with Crippen LogP contribution in [-0.2, 0) is 14.8 Å². The zero-order valence-corrected chi connectivity index (χ0v) is 20.8. The van der Waals surface area contributed by atoms with Crippen LogP contribution in [0.1, 0.15) is 29.3 Å². The van der Waals surface area contributed by atoms with E-state index in [0.29, 0.717) is 53.2 Å². The summed E-state index contributed by atoms with van der Waals surface area (Å²) in [6.07, 6.45) is 1.73. The number of esters is 1. The number of nitrogens with one attached hydrogen (secondary N) is 1. The van der Waals surface area contributed by atoms with Gasteiger partial charge in [0.2, 0.25) is 10.0 Å². The van der Waals surface area contributed by atoms with Crippen molar-refractivity contribution in [3.05, 3.63) is 53.6 Å². The number of rotatable bonds is 9. The molecule has 9 nitrogen and oxygen atoms in total. The molecule has 0 aliphatic carbocycles. The minimum atomic E-state index is -3.43. The van der Waals surface area contributed by atoms with Gasteiger partial charge in [0.15, 0.2) is 5.88 Å². The van der Waals surface area contributed by atoms with Gasteiger partial charge in [-0.3, -0.25) is 9.30 Å². The number of carbonyl (C=O) groups excluding carboxylic acids is 1. The van der Waals surface area contributed by atoms with Gasteiger partial charge in [-0.2, -0.15) is 0 Å². The van der Waals surface area contributed by atoms with Crippen molar-refractivity contribution in [1.82, 2.24) is 9.88 Å². The van der Waals surface area contributed by atoms with Crippen LogP contribution in [-0.4, -0.2) is 75.6 Å². The third-order valence-corrected chi connectivity index (χ3v) is 6.57. The highest BCUT2D eigenvalue weighted by molar-refractivity contribution is 7.92. The normalized spacial score (nSPS) is 12.4. The summed E-state index contributed by atoms with van der Waals surface area (Å²) < 4.78 is 30.7. The molecular weight excluding hydrogens is 456 g/mol. The van der Waals surface area contributed by atoms with E-state index in [1.807, 2.05) is 25.9 Å². The first kappa shape index (κ1) is 25.3. The molecule has 0 aliphatic rings. The molecule has 0 atom stereocenters. The van der Waals surface area contributed by atoms with Crippen molar-refractivity contribution in [3.63, 3.8) is 0 Å². The van der Waals surface area contributed by atoms with E-state index in [1.165, 1.54) is 17.7 Å². The first-order chi connectivity index (χ1) is 16.0. The Morgan fingerprint density at radius 2 is 1.79 bits per heavy atom. The summed E-state index contributed by atoms with van der Waals surface area (Å²) in [4.78, 5) is 21.4. The first-order valence-corrected chi connectivity index (χ1v) is 12.6. The van der Waals surface area contributed by atoms with Gasteiger partial charge in [0.05, 0.1) is 41.6 Å². The number of methoxy groups -OCH3 is 1. The Morgan fingerprint density at radius 3 is 2.35 bits per heavy atom. The molecule has 0 amide bonds. The van der Waals surface area contributed by atoms with E-state index in [0.717, 1.165) is 5.39 Å². The number of nitrogens with zero attached hydrogens (tertiary/aromatic N) is 3. The predicted molar refractivity (Wildman–Crippen MR) is 135 cm³/mol. The minimum absolute atomic E-state index is 0.0406. The maximum Gasteiger partial charge on any atom is 0.337 e. The molecule has 0 unspecified atom stereocenters. The van der Waals surface area contributed by atoms with Crippen LogP contribution in [0, 0.1) is 0 Å². The maximum absolute atomic E-state index is 12.3. The zero-order chi connectivity index (χ0) is 25.0. The topological polar surface area (TPSA) is 115 Å². The van der Waals surface area contributed by atoms with Gasteiger partial charge in [-0.05, 0) is 56.9 Å². The van der Waals surface area contributed by atoms with Crippen molar-refractivity contribution >= 4 is 44.0 Å². The average molecular weight is 487 g/mol. The first-order valence-electron chi connectivity index (χ1n) is 10.8. The Bertz CT molecular complexity index is 1310. The fourth-order valence-corrected chi connectivity index (χ4v) is 4.58. The highest BCUT2D eigenvalue weighted by Crippen LogP contribution is 2.31. The number of carbonyl (C=O) groups is 1. The summed E-state index contributed by atoms with van der Waals surface area (Å²) in [7, 11) is 1.66. The van der Waals surface area contributed by atoms with Crippen molar-refractivity contribution in [3.8, 4) is 5.88 Å². The van der Waals surface area contributed by atoms with E-state index in [2.05, 4.69) is 4.98 Å². The van der Waals surface area contributed by atoms with Gasteiger partial charge < -0.3 is 19.7 Å². The van der Waals surface area contributed by atoms with Crippen LogP contribution in [0.3, 0.4) is 0 Å². The number of H-pyrrole nitrogens is 1. The molecule has 34 heavy (non-hydrogen) atoms. The molecular formula is C24H30N4O5S. The molecule has 1 heterocycles. The van der Waals surface area contributed by atoms with Gasteiger partial charge in [0.25, 0.3) is 0 Å². The monoisotopic (exact) mass is 486 g/mol. The number of likely N-dealkylation sites (N-methyl/N-ethyl adjacent to an activating group) is 1. The fourth-order valence-electron chi connectivity index (χ4n) is 3.66. The number of fused-ring (bicyclic) bond motifs is 1. The van der Waals surface area contributed by atoms with Crippen molar-refractivity contribution in [2.24, 2.45) is 4.99 Å². The van der Waals surface area contributed by atoms with Gasteiger partial charge >= 0.3 is 5.97 Å². The van der Waals surface area contributed by atoms with Crippen LogP contribution in [0.4, 0.5) is 11.4 Å². The summed E-state index contributed by atoms with van der Waals surface area (Å²) in [5.41, 5.74) is 3.36. The second kappa shape index (κ2) is 10.3. The summed E-state index contributed by atoms with van der Waals surface area (Å²) in [6.45, 7) is 2.86. The molecule has 0 saturated heterocycles. The Labute approximate surface area is 199 Å². The van der Waals surface area contributed by atoms with Crippen LogP contribution in [0.5, 0.6) is 5.88 Å². The van der Waals surface area contributed by atoms with Crippen LogP contribution >= 0.6 is 0 Å². The molecule has 0 saturated carbocycles. The SMILES string of the molecule is CCC(=Nc1ccc(N(CCN(C)C)S(C)(=O)=O)cc1)c1c(O)[nH]c2cc(C(=O)OC)ccc12. The molecule has 3 rings (SSSR count). The predicted octanol–water partition coefficient (Wildman–Crippen LogP) is 3.52. The van der Waals surface area contributed by atoms with Crippen LogP contribution in [0.2, 0.25) is 0 Å². The van der Waals surface area contributed by atoms with E-state index in [4.69, 9.17) is 9.73 Å². The lowest BCUT2D eigenvalue weighted by Crippen LogP contribution is -2.35. The molecule has 0 spiro atoms. The third-order valence-electron chi connectivity index (χ3n) is 5.38. The highest BCUT2D eigenvalue weighted by Gasteiger charge is 2.19. The highest BCUT2D eigenvalue weighted by atomic mass is 32.2. The molecule has 0 radical (unpaired) electrons. The minimum Gasteiger partial charge on any atom is -0.494 e. The smallest absolute Gasteiger partial charge is 0.337 e. The standard InChI is InChI=1S/C24H30N4O5S/c1-6-20(22-19-12-7-16(24(30)33-4)15-21(19)26-23(22)29)25-17-8-10-18(11-9-17)28(34(5,31)32)14-13-27(2)3/h7-12,15,26,29H,6,13-14H2,1-5H3. The van der Waals surface area contributed by atoms with Crippen LogP contribution in [0.15, 0.2) is 47.5 Å². The molecule has 0 aliphatic heterocycles. The molecule has 1 aromatic heterocycles. The van der Waals surface area contributed by atoms with E-state index < -0.39 is 16.0 Å². The lowest BCUT2D eigenvalue weighted by Gasteiger charge is -2.24. The Hall–Kier alpha value is -3.37. The Morgan fingerprint density at radius 1 is 1.12 bits per heavy atom. The van der Waals surface area contributed by atoms with Crippen molar-refractivity contribution < 1.29 is 23.1 Å². The number of aromatic hydroxyl groups is 1. The quantitative estimate of drug-likeness (QED) is 0.353. The molecule has 182 valence electrons. The van der Waals surface area contributed by atoms with E-state index in [9.17, 15) is 18.3 Å². The van der Waals surface area contributed by atoms with Crippen molar-refractivity contribution in [2.75, 3.05) is 44.9 Å². The van der Waals surface area contributed by atoms with Gasteiger partial charge in [0.1, 0.15) is 0 Å². The second-order valence-electron chi connectivity index (χ2n) is 8.17. The second-order valence-corrected chi connectivity index (χ2v) is 10.1. The van der Waals surface area contributed by atoms with Crippen molar-refractivity contribution in [1.29, 1.82) is 0 Å².